The summed E-state index contributed by atoms with van der Waals surface area (Å²) in [5.41, 5.74) is 0. The summed E-state index contributed by atoms with van der Waals surface area (Å²) < 4.78 is 0. The SMILES string of the molecule is CCNC1CCCC1N1CCN(C)C(C)C1. The van der Waals surface area contributed by atoms with E-state index >= 15 is 0 Å². The molecule has 3 heteroatoms. The summed E-state index contributed by atoms with van der Waals surface area (Å²) in [6.45, 7) is 9.43. The predicted octanol–water partition coefficient (Wildman–Crippen LogP) is 1.15. The third kappa shape index (κ3) is 2.58. The van der Waals surface area contributed by atoms with Crippen molar-refractivity contribution in [3.05, 3.63) is 0 Å². The zero-order chi connectivity index (χ0) is 11.5. The first-order valence-corrected chi connectivity index (χ1v) is 6.90. The Labute approximate surface area is 100 Å². The highest BCUT2D eigenvalue weighted by molar-refractivity contribution is 4.93. The molecular weight excluding hydrogens is 198 g/mol. The molecule has 0 amide bonds. The Morgan fingerprint density at radius 2 is 2.06 bits per heavy atom. The first-order valence-electron chi connectivity index (χ1n) is 6.90. The quantitative estimate of drug-likeness (QED) is 0.777. The standard InChI is InChI=1S/C13H27N3/c1-4-14-12-6-5-7-13(12)16-9-8-15(3)11(2)10-16/h11-14H,4-10H2,1-3H3. The number of hydrogen-bond acceptors (Lipinski definition) is 3. The van der Waals surface area contributed by atoms with E-state index in [9.17, 15) is 0 Å². The molecule has 2 aliphatic rings. The third-order valence-corrected chi connectivity index (χ3v) is 4.41. The van der Waals surface area contributed by atoms with E-state index < -0.39 is 0 Å². The lowest BCUT2D eigenvalue weighted by Crippen LogP contribution is -2.56. The van der Waals surface area contributed by atoms with Gasteiger partial charge in [0.05, 0.1) is 0 Å². The molecule has 16 heavy (non-hydrogen) atoms. The second kappa shape index (κ2) is 5.48. The first-order chi connectivity index (χ1) is 7.72. The maximum absolute atomic E-state index is 3.66. The van der Waals surface area contributed by atoms with Crippen LogP contribution in [-0.4, -0.2) is 61.2 Å². The summed E-state index contributed by atoms with van der Waals surface area (Å²) in [6, 6.07) is 2.27. The second-order valence-electron chi connectivity index (χ2n) is 5.49. The molecule has 0 aromatic heterocycles. The molecule has 1 N–H and O–H groups in total. The summed E-state index contributed by atoms with van der Waals surface area (Å²) in [6.07, 6.45) is 4.18. The fourth-order valence-electron chi connectivity index (χ4n) is 3.26. The monoisotopic (exact) mass is 225 g/mol. The van der Waals surface area contributed by atoms with Crippen molar-refractivity contribution in [2.45, 2.75) is 51.2 Å². The van der Waals surface area contributed by atoms with Gasteiger partial charge >= 0.3 is 0 Å². The number of piperazine rings is 1. The van der Waals surface area contributed by atoms with Crippen molar-refractivity contribution in [3.8, 4) is 0 Å². The Kier molecular flexibility index (Phi) is 4.22. The zero-order valence-electron chi connectivity index (χ0n) is 11.1. The average Bonchev–Trinajstić information content (AvgIpc) is 2.71. The lowest BCUT2D eigenvalue weighted by Gasteiger charge is -2.42. The van der Waals surface area contributed by atoms with E-state index in [0.717, 1.165) is 24.7 Å². The van der Waals surface area contributed by atoms with Crippen LogP contribution in [0.4, 0.5) is 0 Å². The highest BCUT2D eigenvalue weighted by Crippen LogP contribution is 2.26. The van der Waals surface area contributed by atoms with Gasteiger partial charge in [0.15, 0.2) is 0 Å². The van der Waals surface area contributed by atoms with Gasteiger partial charge in [-0.15, -0.1) is 0 Å². The molecule has 3 unspecified atom stereocenters. The fourth-order valence-corrected chi connectivity index (χ4v) is 3.26. The smallest absolute Gasteiger partial charge is 0.0250 e. The van der Waals surface area contributed by atoms with Crippen LogP contribution in [0, 0.1) is 0 Å². The van der Waals surface area contributed by atoms with Crippen LogP contribution >= 0.6 is 0 Å². The summed E-state index contributed by atoms with van der Waals surface area (Å²) in [5.74, 6) is 0. The van der Waals surface area contributed by atoms with E-state index in [-0.39, 0.29) is 0 Å². The number of rotatable bonds is 3. The van der Waals surface area contributed by atoms with Crippen molar-refractivity contribution in [3.63, 3.8) is 0 Å². The molecular formula is C13H27N3. The molecule has 3 nitrogen and oxygen atoms in total. The van der Waals surface area contributed by atoms with Gasteiger partial charge in [-0.25, -0.2) is 0 Å². The molecule has 94 valence electrons. The van der Waals surface area contributed by atoms with Gasteiger partial charge < -0.3 is 10.2 Å². The minimum Gasteiger partial charge on any atom is -0.313 e. The van der Waals surface area contributed by atoms with Crippen molar-refractivity contribution in [1.82, 2.24) is 15.1 Å². The Hall–Kier alpha value is -0.120. The van der Waals surface area contributed by atoms with E-state index in [4.69, 9.17) is 0 Å². The van der Waals surface area contributed by atoms with Crippen LogP contribution in [0.5, 0.6) is 0 Å². The molecule has 3 atom stereocenters. The molecule has 2 fully saturated rings. The second-order valence-corrected chi connectivity index (χ2v) is 5.49. The average molecular weight is 225 g/mol. The van der Waals surface area contributed by atoms with Crippen molar-refractivity contribution in [2.24, 2.45) is 0 Å². The van der Waals surface area contributed by atoms with Crippen LogP contribution in [0.25, 0.3) is 0 Å². The first kappa shape index (κ1) is 12.3. The lowest BCUT2D eigenvalue weighted by atomic mass is 10.1. The minimum absolute atomic E-state index is 0.719. The minimum atomic E-state index is 0.719. The van der Waals surface area contributed by atoms with Crippen molar-refractivity contribution < 1.29 is 0 Å². The Balaban J connectivity index is 1.91. The Morgan fingerprint density at radius 1 is 1.25 bits per heavy atom. The number of hydrogen-bond donors (Lipinski definition) is 1. The topological polar surface area (TPSA) is 18.5 Å². The van der Waals surface area contributed by atoms with Crippen LogP contribution in [0.15, 0.2) is 0 Å². The van der Waals surface area contributed by atoms with Crippen LogP contribution < -0.4 is 5.32 Å². The van der Waals surface area contributed by atoms with Crippen LogP contribution in [0.2, 0.25) is 0 Å². The summed E-state index contributed by atoms with van der Waals surface area (Å²) >= 11 is 0. The molecule has 1 saturated carbocycles. The van der Waals surface area contributed by atoms with Gasteiger partial charge in [-0.2, -0.15) is 0 Å². The van der Waals surface area contributed by atoms with Gasteiger partial charge in [-0.1, -0.05) is 13.3 Å². The van der Waals surface area contributed by atoms with Gasteiger partial charge in [-0.3, -0.25) is 4.90 Å². The van der Waals surface area contributed by atoms with E-state index in [0.29, 0.717) is 0 Å². The van der Waals surface area contributed by atoms with Gasteiger partial charge in [-0.05, 0) is 33.4 Å². The molecule has 0 aromatic carbocycles. The molecule has 0 aromatic rings. The van der Waals surface area contributed by atoms with Gasteiger partial charge in [0.25, 0.3) is 0 Å². The van der Waals surface area contributed by atoms with Gasteiger partial charge in [0, 0.05) is 37.8 Å². The van der Waals surface area contributed by atoms with Crippen molar-refractivity contribution in [2.75, 3.05) is 33.2 Å². The Bertz CT molecular complexity index is 219. The number of nitrogens with one attached hydrogen (secondary N) is 1. The molecule has 1 saturated heterocycles. The van der Waals surface area contributed by atoms with Crippen LogP contribution in [0.1, 0.15) is 33.1 Å². The number of nitrogens with zero attached hydrogens (tertiary/aromatic N) is 2. The summed E-state index contributed by atoms with van der Waals surface area (Å²) in [4.78, 5) is 5.21. The van der Waals surface area contributed by atoms with E-state index in [1.807, 2.05) is 0 Å². The van der Waals surface area contributed by atoms with Crippen LogP contribution in [0.3, 0.4) is 0 Å². The molecule has 1 heterocycles. The predicted molar refractivity (Wildman–Crippen MR) is 68.8 cm³/mol. The normalized spacial score (nSPS) is 38.1. The van der Waals surface area contributed by atoms with Crippen LogP contribution in [-0.2, 0) is 0 Å². The molecule has 0 spiro atoms. The maximum Gasteiger partial charge on any atom is 0.0250 e. The summed E-state index contributed by atoms with van der Waals surface area (Å²) in [7, 11) is 2.25. The highest BCUT2D eigenvalue weighted by atomic mass is 15.3. The van der Waals surface area contributed by atoms with E-state index in [2.05, 4.69) is 36.0 Å². The van der Waals surface area contributed by atoms with Crippen molar-refractivity contribution in [1.29, 1.82) is 0 Å². The Morgan fingerprint density at radius 3 is 2.75 bits per heavy atom. The third-order valence-electron chi connectivity index (χ3n) is 4.41. The number of likely N-dealkylation sites (N-methyl/N-ethyl adjacent to an activating group) is 2. The molecule has 1 aliphatic heterocycles. The largest absolute Gasteiger partial charge is 0.313 e. The van der Waals surface area contributed by atoms with Gasteiger partial charge in [0.1, 0.15) is 0 Å². The molecule has 1 aliphatic carbocycles. The lowest BCUT2D eigenvalue weighted by molar-refractivity contribution is 0.0645. The molecule has 0 radical (unpaired) electrons. The maximum atomic E-state index is 3.66. The van der Waals surface area contributed by atoms with E-state index in [1.54, 1.807) is 0 Å². The van der Waals surface area contributed by atoms with Gasteiger partial charge in [0.2, 0.25) is 0 Å². The zero-order valence-corrected chi connectivity index (χ0v) is 11.1. The van der Waals surface area contributed by atoms with Crippen molar-refractivity contribution >= 4 is 0 Å². The molecule has 2 rings (SSSR count). The highest BCUT2D eigenvalue weighted by Gasteiger charge is 2.34. The fraction of sp³-hybridized carbons (Fsp3) is 1.00. The molecule has 0 bridgehead atoms. The summed E-state index contributed by atoms with van der Waals surface area (Å²) in [5, 5.41) is 3.66. The van der Waals surface area contributed by atoms with E-state index in [1.165, 1.54) is 38.9 Å².